The number of amides is 2. The zero-order valence-corrected chi connectivity index (χ0v) is 18.2. The normalized spacial score (nSPS) is 14.5. The molecule has 2 amide bonds. The largest absolute Gasteiger partial charge is 0.495 e. The first-order chi connectivity index (χ1) is 14.2. The number of hydrogen-bond donors (Lipinski definition) is 1. The van der Waals surface area contributed by atoms with Gasteiger partial charge in [-0.1, -0.05) is 0 Å². The summed E-state index contributed by atoms with van der Waals surface area (Å²) >= 11 is 0. The van der Waals surface area contributed by atoms with Crippen molar-refractivity contribution in [3.63, 3.8) is 0 Å². The van der Waals surface area contributed by atoms with Gasteiger partial charge in [-0.3, -0.25) is 9.48 Å². The first-order valence-corrected chi connectivity index (χ1v) is 10.0. The Morgan fingerprint density at radius 3 is 2.60 bits per heavy atom. The van der Waals surface area contributed by atoms with Crippen molar-refractivity contribution >= 4 is 22.9 Å². The van der Waals surface area contributed by atoms with E-state index in [1.54, 1.807) is 25.2 Å². The van der Waals surface area contributed by atoms with Gasteiger partial charge in [0.1, 0.15) is 11.4 Å². The second-order valence-electron chi connectivity index (χ2n) is 8.43. The Kier molecular flexibility index (Phi) is 6.50. The first kappa shape index (κ1) is 21.9. The Hall–Kier alpha value is -2.81. The SMILES string of the molecule is COCCNC(=O)c1ccc2nn(CC3CN(C(=O)OC(C)(C)C)C3)cc2c1OC. The fourth-order valence-corrected chi connectivity index (χ4v) is 3.40. The van der Waals surface area contributed by atoms with Gasteiger partial charge in [-0.25, -0.2) is 4.79 Å². The number of ether oxygens (including phenoxy) is 3. The number of aromatic nitrogens is 2. The molecule has 164 valence electrons. The van der Waals surface area contributed by atoms with Gasteiger partial charge in [0.25, 0.3) is 5.91 Å². The molecule has 0 radical (unpaired) electrons. The van der Waals surface area contributed by atoms with Gasteiger partial charge >= 0.3 is 6.09 Å². The van der Waals surface area contributed by atoms with Crippen LogP contribution in [0, 0.1) is 5.92 Å². The van der Waals surface area contributed by atoms with Crippen LogP contribution in [0.5, 0.6) is 5.75 Å². The highest BCUT2D eigenvalue weighted by Gasteiger charge is 2.34. The molecule has 9 heteroatoms. The summed E-state index contributed by atoms with van der Waals surface area (Å²) < 4.78 is 17.7. The number of fused-ring (bicyclic) bond motifs is 1. The average molecular weight is 418 g/mol. The van der Waals surface area contributed by atoms with Gasteiger partial charge in [0, 0.05) is 45.4 Å². The van der Waals surface area contributed by atoms with Crippen LogP contribution >= 0.6 is 0 Å². The number of methoxy groups -OCH3 is 2. The van der Waals surface area contributed by atoms with Gasteiger partial charge in [0.2, 0.25) is 0 Å². The summed E-state index contributed by atoms with van der Waals surface area (Å²) in [6.07, 6.45) is 1.60. The van der Waals surface area contributed by atoms with Gasteiger partial charge in [-0.05, 0) is 32.9 Å². The molecule has 1 N–H and O–H groups in total. The number of likely N-dealkylation sites (tertiary alicyclic amines) is 1. The minimum Gasteiger partial charge on any atom is -0.495 e. The van der Waals surface area contributed by atoms with Crippen LogP contribution < -0.4 is 10.1 Å². The van der Waals surface area contributed by atoms with Crippen molar-refractivity contribution in [2.45, 2.75) is 32.9 Å². The summed E-state index contributed by atoms with van der Waals surface area (Å²) in [6, 6.07) is 3.53. The minimum absolute atomic E-state index is 0.217. The van der Waals surface area contributed by atoms with E-state index >= 15 is 0 Å². The van der Waals surface area contributed by atoms with Crippen LogP contribution in [-0.4, -0.2) is 72.7 Å². The molecule has 0 saturated carbocycles. The van der Waals surface area contributed by atoms with Crippen LogP contribution in [0.2, 0.25) is 0 Å². The van der Waals surface area contributed by atoms with E-state index in [9.17, 15) is 9.59 Å². The monoisotopic (exact) mass is 418 g/mol. The zero-order chi connectivity index (χ0) is 21.9. The van der Waals surface area contributed by atoms with E-state index in [1.165, 1.54) is 0 Å². The standard InChI is InChI=1S/C21H30N4O5/c1-21(2,3)30-20(27)24-10-14(11-24)12-25-13-16-17(23-25)7-6-15(18(16)29-5)19(26)22-8-9-28-4/h6-7,13-14H,8-12H2,1-5H3,(H,22,26). The van der Waals surface area contributed by atoms with E-state index in [4.69, 9.17) is 14.2 Å². The van der Waals surface area contributed by atoms with Crippen LogP contribution in [0.3, 0.4) is 0 Å². The third-order valence-corrected chi connectivity index (χ3v) is 4.78. The lowest BCUT2D eigenvalue weighted by atomic mass is 10.0. The number of carbonyl (C=O) groups is 2. The second kappa shape index (κ2) is 8.91. The minimum atomic E-state index is -0.494. The summed E-state index contributed by atoms with van der Waals surface area (Å²) in [5.41, 5.74) is 0.718. The van der Waals surface area contributed by atoms with Crippen LogP contribution in [0.1, 0.15) is 31.1 Å². The smallest absolute Gasteiger partial charge is 0.410 e. The van der Waals surface area contributed by atoms with Crippen molar-refractivity contribution in [1.29, 1.82) is 0 Å². The van der Waals surface area contributed by atoms with Gasteiger partial charge in [0.05, 0.1) is 30.2 Å². The Balaban J connectivity index is 1.66. The van der Waals surface area contributed by atoms with Gasteiger partial charge in [-0.15, -0.1) is 0 Å². The molecule has 2 heterocycles. The number of benzene rings is 1. The van der Waals surface area contributed by atoms with E-state index in [2.05, 4.69) is 10.4 Å². The lowest BCUT2D eigenvalue weighted by Crippen LogP contribution is -2.52. The van der Waals surface area contributed by atoms with E-state index in [-0.39, 0.29) is 12.0 Å². The van der Waals surface area contributed by atoms with Crippen molar-refractivity contribution in [2.24, 2.45) is 5.92 Å². The Morgan fingerprint density at radius 1 is 1.23 bits per heavy atom. The summed E-state index contributed by atoms with van der Waals surface area (Å²) in [6.45, 7) is 8.38. The third-order valence-electron chi connectivity index (χ3n) is 4.78. The van der Waals surface area contributed by atoms with E-state index in [0.717, 1.165) is 10.9 Å². The molecular weight excluding hydrogens is 388 g/mol. The van der Waals surface area contributed by atoms with Crippen molar-refractivity contribution < 1.29 is 23.8 Å². The van der Waals surface area contributed by atoms with Crippen LogP contribution in [0.15, 0.2) is 18.3 Å². The van der Waals surface area contributed by atoms with Crippen molar-refractivity contribution in [1.82, 2.24) is 20.0 Å². The summed E-state index contributed by atoms with van der Waals surface area (Å²) in [4.78, 5) is 26.2. The van der Waals surface area contributed by atoms with Crippen molar-refractivity contribution in [2.75, 3.05) is 40.5 Å². The molecular formula is C21H30N4O5. The Bertz CT molecular complexity index is 912. The Morgan fingerprint density at radius 2 is 1.97 bits per heavy atom. The molecule has 1 aliphatic rings. The molecule has 1 aliphatic heterocycles. The molecule has 0 unspecified atom stereocenters. The maximum atomic E-state index is 12.5. The fourth-order valence-electron chi connectivity index (χ4n) is 3.40. The second-order valence-corrected chi connectivity index (χ2v) is 8.43. The third kappa shape index (κ3) is 5.02. The number of rotatable bonds is 7. The van der Waals surface area contributed by atoms with E-state index in [1.807, 2.05) is 37.7 Å². The lowest BCUT2D eigenvalue weighted by molar-refractivity contribution is -0.00381. The van der Waals surface area contributed by atoms with Crippen LogP contribution in [0.25, 0.3) is 10.9 Å². The van der Waals surface area contributed by atoms with Gasteiger partial charge in [-0.2, -0.15) is 5.10 Å². The van der Waals surface area contributed by atoms with Crippen molar-refractivity contribution in [3.05, 3.63) is 23.9 Å². The fraction of sp³-hybridized carbons (Fsp3) is 0.571. The van der Waals surface area contributed by atoms with Gasteiger partial charge in [0.15, 0.2) is 0 Å². The molecule has 1 saturated heterocycles. The zero-order valence-electron chi connectivity index (χ0n) is 18.2. The molecule has 30 heavy (non-hydrogen) atoms. The molecule has 2 aromatic rings. The average Bonchev–Trinajstić information content (AvgIpc) is 3.04. The topological polar surface area (TPSA) is 94.9 Å². The molecule has 0 aliphatic carbocycles. The van der Waals surface area contributed by atoms with Crippen molar-refractivity contribution in [3.8, 4) is 5.75 Å². The molecule has 0 spiro atoms. The van der Waals surface area contributed by atoms with E-state index in [0.29, 0.717) is 50.0 Å². The lowest BCUT2D eigenvalue weighted by Gasteiger charge is -2.39. The highest BCUT2D eigenvalue weighted by atomic mass is 16.6. The Labute approximate surface area is 176 Å². The molecule has 1 fully saturated rings. The van der Waals surface area contributed by atoms with E-state index < -0.39 is 5.60 Å². The highest BCUT2D eigenvalue weighted by Crippen LogP contribution is 2.30. The number of nitrogens with one attached hydrogen (secondary N) is 1. The number of hydrogen-bond acceptors (Lipinski definition) is 6. The quantitative estimate of drug-likeness (QED) is 0.694. The molecule has 0 bridgehead atoms. The van der Waals surface area contributed by atoms with Crippen LogP contribution in [0.4, 0.5) is 4.79 Å². The molecule has 1 aromatic carbocycles. The molecule has 1 aromatic heterocycles. The molecule has 0 atom stereocenters. The summed E-state index contributed by atoms with van der Waals surface area (Å²) in [5.74, 6) is 0.581. The summed E-state index contributed by atoms with van der Waals surface area (Å²) in [7, 11) is 3.13. The first-order valence-electron chi connectivity index (χ1n) is 10.0. The molecule has 9 nitrogen and oxygen atoms in total. The highest BCUT2D eigenvalue weighted by molar-refractivity contribution is 6.03. The number of carbonyl (C=O) groups excluding carboxylic acids is 2. The summed E-state index contributed by atoms with van der Waals surface area (Å²) in [5, 5.41) is 8.18. The maximum absolute atomic E-state index is 12.5. The predicted molar refractivity (Wildman–Crippen MR) is 112 cm³/mol. The maximum Gasteiger partial charge on any atom is 0.410 e. The predicted octanol–water partition coefficient (Wildman–Crippen LogP) is 2.29. The molecule has 3 rings (SSSR count). The number of nitrogens with zero attached hydrogens (tertiary/aromatic N) is 3. The van der Waals surface area contributed by atoms with Gasteiger partial charge < -0.3 is 24.4 Å². The van der Waals surface area contributed by atoms with Crippen LogP contribution in [-0.2, 0) is 16.0 Å².